The van der Waals surface area contributed by atoms with Gasteiger partial charge in [0.2, 0.25) is 0 Å². The van der Waals surface area contributed by atoms with Gasteiger partial charge in [0.15, 0.2) is 5.69 Å². The van der Waals surface area contributed by atoms with Crippen molar-refractivity contribution in [3.05, 3.63) is 41.7 Å². The minimum atomic E-state index is -0.190. The zero-order chi connectivity index (χ0) is 13.1. The molecular formula is C13H16N4O. The summed E-state index contributed by atoms with van der Waals surface area (Å²) < 4.78 is 1.66. The Hall–Kier alpha value is -2.17. The number of nitrogens with zero attached hydrogens (tertiary/aromatic N) is 3. The first kappa shape index (κ1) is 12.3. The van der Waals surface area contributed by atoms with Crippen molar-refractivity contribution in [3.8, 4) is 5.69 Å². The van der Waals surface area contributed by atoms with Crippen molar-refractivity contribution in [3.63, 3.8) is 0 Å². The van der Waals surface area contributed by atoms with Gasteiger partial charge in [-0.3, -0.25) is 4.79 Å². The molecule has 0 fully saturated rings. The number of benzene rings is 1. The van der Waals surface area contributed by atoms with Crippen LogP contribution in [0.3, 0.4) is 0 Å². The second-order valence-electron chi connectivity index (χ2n) is 4.40. The molecule has 0 atom stereocenters. The van der Waals surface area contributed by atoms with Crippen molar-refractivity contribution in [1.82, 2.24) is 20.3 Å². The highest BCUT2D eigenvalue weighted by molar-refractivity contribution is 5.93. The predicted octanol–water partition coefficient (Wildman–Crippen LogP) is 1.71. The van der Waals surface area contributed by atoms with Crippen molar-refractivity contribution in [2.75, 3.05) is 0 Å². The SMILES string of the molecule is Cc1c(C(=O)NC(C)C)nnn1-c1ccccc1. The molecule has 1 heterocycles. The summed E-state index contributed by atoms with van der Waals surface area (Å²) in [5, 5.41) is 10.8. The first-order chi connectivity index (χ1) is 8.59. The molecule has 0 spiro atoms. The lowest BCUT2D eigenvalue weighted by atomic mass is 10.2. The number of hydrogen-bond donors (Lipinski definition) is 1. The van der Waals surface area contributed by atoms with Gasteiger partial charge in [-0.2, -0.15) is 0 Å². The fourth-order valence-corrected chi connectivity index (χ4v) is 1.68. The average molecular weight is 244 g/mol. The van der Waals surface area contributed by atoms with Crippen LogP contribution in [-0.4, -0.2) is 26.9 Å². The van der Waals surface area contributed by atoms with Gasteiger partial charge in [0, 0.05) is 6.04 Å². The fraction of sp³-hybridized carbons (Fsp3) is 0.308. The normalized spacial score (nSPS) is 10.7. The Morgan fingerprint density at radius 2 is 1.94 bits per heavy atom. The summed E-state index contributed by atoms with van der Waals surface area (Å²) in [6.45, 7) is 5.66. The zero-order valence-corrected chi connectivity index (χ0v) is 10.7. The van der Waals surface area contributed by atoms with Crippen LogP contribution in [0.25, 0.3) is 5.69 Å². The molecule has 5 nitrogen and oxygen atoms in total. The Morgan fingerprint density at radius 3 is 2.56 bits per heavy atom. The van der Waals surface area contributed by atoms with Crippen LogP contribution < -0.4 is 5.32 Å². The molecule has 2 rings (SSSR count). The lowest BCUT2D eigenvalue weighted by molar-refractivity contribution is 0.0937. The van der Waals surface area contributed by atoms with Crippen LogP contribution in [0.2, 0.25) is 0 Å². The lowest BCUT2D eigenvalue weighted by Crippen LogP contribution is -2.30. The van der Waals surface area contributed by atoms with Crippen molar-refractivity contribution in [2.45, 2.75) is 26.8 Å². The number of hydrogen-bond acceptors (Lipinski definition) is 3. The van der Waals surface area contributed by atoms with Gasteiger partial charge in [-0.25, -0.2) is 4.68 Å². The Labute approximate surface area is 106 Å². The maximum absolute atomic E-state index is 11.9. The zero-order valence-electron chi connectivity index (χ0n) is 10.7. The van der Waals surface area contributed by atoms with E-state index in [1.54, 1.807) is 4.68 Å². The number of aromatic nitrogens is 3. The van der Waals surface area contributed by atoms with Gasteiger partial charge >= 0.3 is 0 Å². The second-order valence-corrected chi connectivity index (χ2v) is 4.40. The average Bonchev–Trinajstić information content (AvgIpc) is 2.71. The molecule has 0 saturated carbocycles. The van der Waals surface area contributed by atoms with E-state index in [4.69, 9.17) is 0 Å². The first-order valence-corrected chi connectivity index (χ1v) is 5.88. The minimum absolute atomic E-state index is 0.0822. The smallest absolute Gasteiger partial charge is 0.273 e. The van der Waals surface area contributed by atoms with E-state index in [0.29, 0.717) is 5.69 Å². The summed E-state index contributed by atoms with van der Waals surface area (Å²) in [7, 11) is 0. The number of amides is 1. The summed E-state index contributed by atoms with van der Waals surface area (Å²) in [5.74, 6) is -0.190. The van der Waals surface area contributed by atoms with Crippen LogP contribution in [0.5, 0.6) is 0 Å². The van der Waals surface area contributed by atoms with Gasteiger partial charge < -0.3 is 5.32 Å². The van der Waals surface area contributed by atoms with Crippen molar-refractivity contribution in [2.24, 2.45) is 0 Å². The number of nitrogens with one attached hydrogen (secondary N) is 1. The highest BCUT2D eigenvalue weighted by atomic mass is 16.2. The topological polar surface area (TPSA) is 59.8 Å². The highest BCUT2D eigenvalue weighted by Gasteiger charge is 2.17. The minimum Gasteiger partial charge on any atom is -0.348 e. The first-order valence-electron chi connectivity index (χ1n) is 5.88. The molecule has 0 radical (unpaired) electrons. The van der Waals surface area contributed by atoms with Gasteiger partial charge in [0.25, 0.3) is 5.91 Å². The van der Waals surface area contributed by atoms with Gasteiger partial charge in [-0.05, 0) is 32.9 Å². The molecule has 5 heteroatoms. The molecular weight excluding hydrogens is 228 g/mol. The molecule has 1 aromatic carbocycles. The molecule has 2 aromatic rings. The van der Waals surface area contributed by atoms with E-state index >= 15 is 0 Å². The quantitative estimate of drug-likeness (QED) is 0.894. The molecule has 0 aliphatic rings. The van der Waals surface area contributed by atoms with Gasteiger partial charge in [0.1, 0.15) is 0 Å². The predicted molar refractivity (Wildman–Crippen MR) is 68.7 cm³/mol. The molecule has 0 aliphatic carbocycles. The van der Waals surface area contributed by atoms with Crippen molar-refractivity contribution in [1.29, 1.82) is 0 Å². The van der Waals surface area contributed by atoms with E-state index in [0.717, 1.165) is 11.4 Å². The lowest BCUT2D eigenvalue weighted by Gasteiger charge is -2.07. The van der Waals surface area contributed by atoms with E-state index in [1.807, 2.05) is 51.1 Å². The second kappa shape index (κ2) is 5.00. The number of rotatable bonds is 3. The fourth-order valence-electron chi connectivity index (χ4n) is 1.68. The van der Waals surface area contributed by atoms with E-state index < -0.39 is 0 Å². The molecule has 1 amide bonds. The number of carbonyl (C=O) groups excluding carboxylic acids is 1. The maximum Gasteiger partial charge on any atom is 0.273 e. The van der Waals surface area contributed by atoms with Crippen LogP contribution >= 0.6 is 0 Å². The summed E-state index contributed by atoms with van der Waals surface area (Å²) in [6, 6.07) is 9.70. The molecule has 0 aliphatic heterocycles. The molecule has 0 unspecified atom stereocenters. The van der Waals surface area contributed by atoms with Crippen LogP contribution in [0.4, 0.5) is 0 Å². The molecule has 18 heavy (non-hydrogen) atoms. The number of carbonyl (C=O) groups is 1. The Kier molecular flexibility index (Phi) is 3.41. The molecule has 1 aromatic heterocycles. The third kappa shape index (κ3) is 2.40. The third-order valence-electron chi connectivity index (χ3n) is 2.53. The maximum atomic E-state index is 11.9. The van der Waals surface area contributed by atoms with Crippen molar-refractivity contribution < 1.29 is 4.79 Å². The van der Waals surface area contributed by atoms with Crippen LogP contribution in [0.15, 0.2) is 30.3 Å². The van der Waals surface area contributed by atoms with Gasteiger partial charge in [-0.1, -0.05) is 23.4 Å². The van der Waals surface area contributed by atoms with Gasteiger partial charge in [-0.15, -0.1) is 5.10 Å². The van der Waals surface area contributed by atoms with E-state index in [9.17, 15) is 4.79 Å². The summed E-state index contributed by atoms with van der Waals surface area (Å²) >= 11 is 0. The van der Waals surface area contributed by atoms with Crippen LogP contribution in [-0.2, 0) is 0 Å². The highest BCUT2D eigenvalue weighted by Crippen LogP contribution is 2.11. The van der Waals surface area contributed by atoms with E-state index in [1.165, 1.54) is 0 Å². The largest absolute Gasteiger partial charge is 0.348 e. The molecule has 1 N–H and O–H groups in total. The summed E-state index contributed by atoms with van der Waals surface area (Å²) in [4.78, 5) is 11.9. The Bertz CT molecular complexity index is 545. The Morgan fingerprint density at radius 1 is 1.28 bits per heavy atom. The molecule has 0 saturated heterocycles. The summed E-state index contributed by atoms with van der Waals surface area (Å²) in [5.41, 5.74) is 2.00. The molecule has 0 bridgehead atoms. The monoisotopic (exact) mass is 244 g/mol. The third-order valence-corrected chi connectivity index (χ3v) is 2.53. The van der Waals surface area contributed by atoms with Gasteiger partial charge in [0.05, 0.1) is 11.4 Å². The van der Waals surface area contributed by atoms with E-state index in [-0.39, 0.29) is 11.9 Å². The molecule has 94 valence electrons. The number of para-hydroxylation sites is 1. The van der Waals surface area contributed by atoms with Crippen molar-refractivity contribution >= 4 is 5.91 Å². The van der Waals surface area contributed by atoms with Crippen LogP contribution in [0, 0.1) is 6.92 Å². The summed E-state index contributed by atoms with van der Waals surface area (Å²) in [6.07, 6.45) is 0. The Balaban J connectivity index is 2.32. The van der Waals surface area contributed by atoms with Crippen LogP contribution in [0.1, 0.15) is 30.0 Å². The van der Waals surface area contributed by atoms with E-state index in [2.05, 4.69) is 15.6 Å². The standard InChI is InChI=1S/C13H16N4O/c1-9(2)14-13(18)12-10(3)17(16-15-12)11-7-5-4-6-8-11/h4-9H,1-3H3,(H,14,18).